The Bertz CT molecular complexity index is 1100. The number of nitrogens with zero attached hydrogens (tertiary/aromatic N) is 2. The first-order chi connectivity index (χ1) is 15.1. The second-order valence-corrected chi connectivity index (χ2v) is 10.1. The monoisotopic (exact) mass is 457 g/mol. The molecule has 1 unspecified atom stereocenters. The minimum Gasteiger partial charge on any atom is -0.389 e. The van der Waals surface area contributed by atoms with Crippen LogP contribution in [0.2, 0.25) is 0 Å². The number of aliphatic hydroxyl groups is 1. The lowest BCUT2D eigenvalue weighted by Crippen LogP contribution is -2.38. The van der Waals surface area contributed by atoms with Gasteiger partial charge in [-0.25, -0.2) is 4.98 Å². The molecule has 2 N–H and O–H groups in total. The number of nitrogens with one attached hydrogen (secondary N) is 1. The van der Waals surface area contributed by atoms with E-state index in [2.05, 4.69) is 55.8 Å². The van der Waals surface area contributed by atoms with E-state index in [4.69, 9.17) is 9.72 Å². The molecule has 0 spiro atoms. The number of aryl methyl sites for hydroxylation is 2. The van der Waals surface area contributed by atoms with Gasteiger partial charge in [-0.2, -0.15) is 0 Å². The average Bonchev–Trinajstić information content (AvgIpc) is 3.12. The smallest absolute Gasteiger partial charge is 0.260 e. The SMILES string of the molecule is Cc1ccc(-c2csc3nc(CN(CC(C)C)CC(O)COC(C)C)[nH]c(=O)c23)cc1C. The summed E-state index contributed by atoms with van der Waals surface area (Å²) < 4.78 is 5.55. The number of rotatable bonds is 10. The predicted octanol–water partition coefficient (Wildman–Crippen LogP) is 4.51. The summed E-state index contributed by atoms with van der Waals surface area (Å²) in [5, 5.41) is 13.1. The number of ether oxygens (including phenoxy) is 1. The Morgan fingerprint density at radius 2 is 1.91 bits per heavy atom. The fourth-order valence-electron chi connectivity index (χ4n) is 3.78. The molecule has 0 fully saturated rings. The molecule has 3 rings (SSSR count). The molecule has 3 aromatic rings. The van der Waals surface area contributed by atoms with Crippen LogP contribution >= 0.6 is 11.3 Å². The van der Waals surface area contributed by atoms with Gasteiger partial charge in [0.1, 0.15) is 10.7 Å². The molecule has 2 aromatic heterocycles. The van der Waals surface area contributed by atoms with E-state index < -0.39 is 6.10 Å². The molecule has 0 aliphatic carbocycles. The number of thiophene rings is 1. The number of hydrogen-bond acceptors (Lipinski definition) is 6. The molecule has 0 aliphatic heterocycles. The summed E-state index contributed by atoms with van der Waals surface area (Å²) in [4.78, 5) is 23.6. The lowest BCUT2D eigenvalue weighted by atomic mass is 10.0. The van der Waals surface area contributed by atoms with Gasteiger partial charge in [0, 0.05) is 24.0 Å². The zero-order valence-electron chi connectivity index (χ0n) is 19.9. The third-order valence-corrected chi connectivity index (χ3v) is 6.27. The van der Waals surface area contributed by atoms with E-state index >= 15 is 0 Å². The Morgan fingerprint density at radius 3 is 2.56 bits per heavy atom. The minimum atomic E-state index is -0.593. The highest BCUT2D eigenvalue weighted by Crippen LogP contribution is 2.31. The molecular weight excluding hydrogens is 422 g/mol. The van der Waals surface area contributed by atoms with E-state index in [-0.39, 0.29) is 11.7 Å². The molecule has 32 heavy (non-hydrogen) atoms. The Kier molecular flexibility index (Phi) is 8.22. The molecule has 0 saturated heterocycles. The van der Waals surface area contributed by atoms with Crippen molar-refractivity contribution in [2.24, 2.45) is 5.92 Å². The quantitative estimate of drug-likeness (QED) is 0.468. The van der Waals surface area contributed by atoms with Crippen molar-refractivity contribution in [1.29, 1.82) is 0 Å². The van der Waals surface area contributed by atoms with Gasteiger partial charge in [0.15, 0.2) is 0 Å². The second kappa shape index (κ2) is 10.7. The molecule has 0 amide bonds. The topological polar surface area (TPSA) is 78.5 Å². The van der Waals surface area contributed by atoms with Gasteiger partial charge in [-0.1, -0.05) is 32.0 Å². The Balaban J connectivity index is 1.84. The van der Waals surface area contributed by atoms with E-state index in [9.17, 15) is 9.90 Å². The summed E-state index contributed by atoms with van der Waals surface area (Å²) in [7, 11) is 0. The zero-order valence-corrected chi connectivity index (χ0v) is 20.8. The van der Waals surface area contributed by atoms with Crippen LogP contribution in [0.4, 0.5) is 0 Å². The lowest BCUT2D eigenvalue weighted by Gasteiger charge is -2.26. The number of benzene rings is 1. The number of H-pyrrole nitrogens is 1. The highest BCUT2D eigenvalue weighted by molar-refractivity contribution is 7.17. The standard InChI is InChI=1S/C25H35N3O3S/c1-15(2)10-28(11-20(29)13-31-16(3)4)12-22-26-24(30)23-21(14-32-25(23)27-22)19-8-7-17(5)18(6)9-19/h7-9,14-16,20,29H,10-13H2,1-6H3,(H,26,27,30). The maximum Gasteiger partial charge on any atom is 0.260 e. The molecule has 1 atom stereocenters. The third-order valence-electron chi connectivity index (χ3n) is 5.40. The van der Waals surface area contributed by atoms with Crippen LogP contribution < -0.4 is 5.56 Å². The summed E-state index contributed by atoms with van der Waals surface area (Å²) >= 11 is 1.49. The number of hydrogen-bond donors (Lipinski definition) is 2. The average molecular weight is 458 g/mol. The van der Waals surface area contributed by atoms with E-state index in [1.54, 1.807) is 0 Å². The molecule has 0 saturated carbocycles. The first kappa shape index (κ1) is 24.6. The van der Waals surface area contributed by atoms with E-state index in [0.29, 0.717) is 36.8 Å². The maximum atomic E-state index is 13.0. The van der Waals surface area contributed by atoms with Gasteiger partial charge in [-0.15, -0.1) is 11.3 Å². The van der Waals surface area contributed by atoms with Crippen LogP contribution in [0.15, 0.2) is 28.4 Å². The highest BCUT2D eigenvalue weighted by atomic mass is 32.1. The molecule has 1 aromatic carbocycles. The van der Waals surface area contributed by atoms with Crippen molar-refractivity contribution in [1.82, 2.24) is 14.9 Å². The van der Waals surface area contributed by atoms with Crippen LogP contribution in [0, 0.1) is 19.8 Å². The van der Waals surface area contributed by atoms with Crippen LogP contribution in [0.5, 0.6) is 0 Å². The summed E-state index contributed by atoms with van der Waals surface area (Å²) in [5.74, 6) is 1.04. The van der Waals surface area contributed by atoms with Gasteiger partial charge in [0.05, 0.1) is 30.7 Å². The van der Waals surface area contributed by atoms with E-state index in [1.165, 1.54) is 22.5 Å². The summed E-state index contributed by atoms with van der Waals surface area (Å²) in [6.07, 6.45) is -0.515. The van der Waals surface area contributed by atoms with Gasteiger partial charge >= 0.3 is 0 Å². The van der Waals surface area contributed by atoms with Gasteiger partial charge in [0.25, 0.3) is 5.56 Å². The third kappa shape index (κ3) is 6.25. The number of aromatic amines is 1. The maximum absolute atomic E-state index is 13.0. The van der Waals surface area contributed by atoms with Crippen LogP contribution in [-0.2, 0) is 11.3 Å². The van der Waals surface area contributed by atoms with Crippen LogP contribution in [0.1, 0.15) is 44.6 Å². The van der Waals surface area contributed by atoms with Crippen molar-refractivity contribution in [3.8, 4) is 11.1 Å². The Labute approximate surface area is 194 Å². The number of aliphatic hydroxyl groups excluding tert-OH is 1. The minimum absolute atomic E-state index is 0.0777. The van der Waals surface area contributed by atoms with Crippen LogP contribution in [0.25, 0.3) is 21.3 Å². The van der Waals surface area contributed by atoms with Gasteiger partial charge < -0.3 is 14.8 Å². The first-order valence-corrected chi connectivity index (χ1v) is 12.1. The molecular formula is C25H35N3O3S. The van der Waals surface area contributed by atoms with Crippen molar-refractivity contribution in [3.63, 3.8) is 0 Å². The van der Waals surface area contributed by atoms with E-state index in [0.717, 1.165) is 22.5 Å². The fourth-order valence-corrected chi connectivity index (χ4v) is 4.74. The number of aromatic nitrogens is 2. The van der Waals surface area contributed by atoms with Crippen molar-refractivity contribution in [2.75, 3.05) is 19.7 Å². The first-order valence-electron chi connectivity index (χ1n) is 11.2. The summed E-state index contributed by atoms with van der Waals surface area (Å²) in [6.45, 7) is 14.4. The predicted molar refractivity (Wildman–Crippen MR) is 132 cm³/mol. The Hall–Kier alpha value is -2.06. The molecule has 6 nitrogen and oxygen atoms in total. The molecule has 7 heteroatoms. The van der Waals surface area contributed by atoms with Crippen molar-refractivity contribution < 1.29 is 9.84 Å². The summed E-state index contributed by atoms with van der Waals surface area (Å²) in [6, 6.07) is 6.26. The Morgan fingerprint density at radius 1 is 1.16 bits per heavy atom. The zero-order chi connectivity index (χ0) is 23.4. The fraction of sp³-hybridized carbons (Fsp3) is 0.520. The van der Waals surface area contributed by atoms with Gasteiger partial charge in [-0.05, 0) is 50.3 Å². The highest BCUT2D eigenvalue weighted by Gasteiger charge is 2.18. The van der Waals surface area contributed by atoms with E-state index in [1.807, 2.05) is 19.2 Å². The van der Waals surface area contributed by atoms with Crippen molar-refractivity contribution in [3.05, 3.63) is 50.9 Å². The lowest BCUT2D eigenvalue weighted by molar-refractivity contribution is -0.0111. The second-order valence-electron chi connectivity index (χ2n) is 9.27. The molecule has 0 aliphatic rings. The van der Waals surface area contributed by atoms with Crippen LogP contribution in [-0.4, -0.2) is 51.9 Å². The molecule has 2 heterocycles. The normalized spacial score (nSPS) is 13.1. The van der Waals surface area contributed by atoms with Crippen LogP contribution in [0.3, 0.4) is 0 Å². The van der Waals surface area contributed by atoms with Gasteiger partial charge in [0.2, 0.25) is 0 Å². The molecule has 174 valence electrons. The summed E-state index contributed by atoms with van der Waals surface area (Å²) in [5.41, 5.74) is 4.27. The van der Waals surface area contributed by atoms with Gasteiger partial charge in [-0.3, -0.25) is 9.69 Å². The largest absolute Gasteiger partial charge is 0.389 e. The van der Waals surface area contributed by atoms with Crippen molar-refractivity contribution >= 4 is 21.6 Å². The van der Waals surface area contributed by atoms with Crippen molar-refractivity contribution in [2.45, 2.75) is 60.3 Å². The number of fused-ring (bicyclic) bond motifs is 1. The molecule has 0 radical (unpaired) electrons. The molecule has 0 bridgehead atoms.